The smallest absolute Gasteiger partial charge is 0.293 e. The van der Waals surface area contributed by atoms with Gasteiger partial charge in [0.25, 0.3) is 5.69 Å². The quantitative estimate of drug-likeness (QED) is 0.613. The summed E-state index contributed by atoms with van der Waals surface area (Å²) in [6.07, 6.45) is 1.99. The minimum atomic E-state index is -0.416. The predicted molar refractivity (Wildman–Crippen MR) is 94.7 cm³/mol. The fourth-order valence-electron chi connectivity index (χ4n) is 3.16. The molecule has 2 aromatic carbocycles. The van der Waals surface area contributed by atoms with Crippen molar-refractivity contribution in [1.82, 2.24) is 0 Å². The first-order valence-corrected chi connectivity index (χ1v) is 8.28. The molecule has 1 unspecified atom stereocenters. The maximum Gasteiger partial charge on any atom is 0.293 e. The van der Waals surface area contributed by atoms with E-state index in [4.69, 9.17) is 10.00 Å². The summed E-state index contributed by atoms with van der Waals surface area (Å²) in [7, 11) is 0. The number of piperidine rings is 1. The van der Waals surface area contributed by atoms with Gasteiger partial charge in [0.15, 0.2) is 0 Å². The first kappa shape index (κ1) is 16.8. The lowest BCUT2D eigenvalue weighted by Crippen LogP contribution is -2.38. The molecule has 0 N–H and O–H groups in total. The van der Waals surface area contributed by atoms with Gasteiger partial charge < -0.3 is 9.64 Å². The van der Waals surface area contributed by atoms with E-state index < -0.39 is 4.92 Å². The number of nitro benzene ring substituents is 1. The van der Waals surface area contributed by atoms with E-state index in [0.29, 0.717) is 30.3 Å². The van der Waals surface area contributed by atoms with Crippen molar-refractivity contribution in [1.29, 1.82) is 5.26 Å². The van der Waals surface area contributed by atoms with Gasteiger partial charge in [-0.3, -0.25) is 10.1 Å². The Kier molecular flexibility index (Phi) is 5.14. The van der Waals surface area contributed by atoms with Crippen molar-refractivity contribution in [3.05, 3.63) is 64.2 Å². The number of anilines is 1. The molecule has 0 amide bonds. The topological polar surface area (TPSA) is 79.4 Å². The van der Waals surface area contributed by atoms with E-state index in [1.165, 1.54) is 6.07 Å². The number of nitro groups is 1. The van der Waals surface area contributed by atoms with Gasteiger partial charge in [-0.25, -0.2) is 0 Å². The van der Waals surface area contributed by atoms with Gasteiger partial charge in [0.1, 0.15) is 11.4 Å². The van der Waals surface area contributed by atoms with Crippen molar-refractivity contribution in [3.8, 4) is 11.8 Å². The van der Waals surface area contributed by atoms with E-state index in [-0.39, 0.29) is 5.69 Å². The molecule has 0 radical (unpaired) electrons. The van der Waals surface area contributed by atoms with Crippen molar-refractivity contribution < 1.29 is 9.66 Å². The second-order valence-electron chi connectivity index (χ2n) is 6.15. The van der Waals surface area contributed by atoms with Crippen LogP contribution in [0.4, 0.5) is 11.4 Å². The normalized spacial score (nSPS) is 16.9. The van der Waals surface area contributed by atoms with Gasteiger partial charge in [-0.05, 0) is 37.1 Å². The number of nitriles is 1. The molecule has 1 heterocycles. The molecule has 0 aliphatic carbocycles. The largest absolute Gasteiger partial charge is 0.493 e. The maximum absolute atomic E-state index is 11.4. The first-order chi connectivity index (χ1) is 12.2. The van der Waals surface area contributed by atoms with Crippen LogP contribution in [0.5, 0.6) is 5.75 Å². The Bertz CT molecular complexity index is 786. The Balaban J connectivity index is 1.71. The Morgan fingerprint density at radius 2 is 2.08 bits per heavy atom. The van der Waals surface area contributed by atoms with Crippen molar-refractivity contribution in [2.24, 2.45) is 5.92 Å². The average molecular weight is 337 g/mol. The zero-order chi connectivity index (χ0) is 17.6. The standard InChI is InChI=1S/C19H19N3O3/c20-12-15-8-9-18(19(11-15)22(23)24)21-10-4-5-16(13-21)14-25-17-6-2-1-3-7-17/h1-3,6-9,11,16H,4-5,10,13-14H2. The number of benzene rings is 2. The number of hydrogen-bond acceptors (Lipinski definition) is 5. The highest BCUT2D eigenvalue weighted by atomic mass is 16.6. The first-order valence-electron chi connectivity index (χ1n) is 8.28. The van der Waals surface area contributed by atoms with Gasteiger partial charge >= 0.3 is 0 Å². The fourth-order valence-corrected chi connectivity index (χ4v) is 3.16. The van der Waals surface area contributed by atoms with Gasteiger partial charge in [0, 0.05) is 25.1 Å². The van der Waals surface area contributed by atoms with Crippen molar-refractivity contribution >= 4 is 11.4 Å². The van der Waals surface area contributed by atoms with Crippen LogP contribution in [-0.2, 0) is 0 Å². The van der Waals surface area contributed by atoms with E-state index in [1.807, 2.05) is 41.3 Å². The third-order valence-electron chi connectivity index (χ3n) is 4.39. The lowest BCUT2D eigenvalue weighted by Gasteiger charge is -2.34. The molecule has 1 fully saturated rings. The molecule has 0 spiro atoms. The monoisotopic (exact) mass is 337 g/mol. The molecule has 25 heavy (non-hydrogen) atoms. The zero-order valence-electron chi connectivity index (χ0n) is 13.8. The van der Waals surface area contributed by atoms with Crippen LogP contribution in [0.15, 0.2) is 48.5 Å². The van der Waals surface area contributed by atoms with E-state index in [9.17, 15) is 10.1 Å². The average Bonchev–Trinajstić information content (AvgIpc) is 2.67. The summed E-state index contributed by atoms with van der Waals surface area (Å²) in [6, 6.07) is 16.3. The highest BCUT2D eigenvalue weighted by Gasteiger charge is 2.26. The number of ether oxygens (including phenoxy) is 1. The van der Waals surface area contributed by atoms with Crippen LogP contribution in [0, 0.1) is 27.4 Å². The van der Waals surface area contributed by atoms with Gasteiger partial charge in [-0.2, -0.15) is 5.26 Å². The van der Waals surface area contributed by atoms with Gasteiger partial charge in [0.05, 0.1) is 23.2 Å². The molecule has 1 aliphatic heterocycles. The molecule has 3 rings (SSSR count). The third kappa shape index (κ3) is 4.07. The number of para-hydroxylation sites is 1. The molecule has 1 atom stereocenters. The lowest BCUT2D eigenvalue weighted by atomic mass is 9.98. The molecule has 6 nitrogen and oxygen atoms in total. The molecular formula is C19H19N3O3. The second kappa shape index (κ2) is 7.67. The third-order valence-corrected chi connectivity index (χ3v) is 4.39. The number of rotatable bonds is 5. The van der Waals surface area contributed by atoms with Crippen LogP contribution < -0.4 is 9.64 Å². The Morgan fingerprint density at radius 1 is 1.28 bits per heavy atom. The van der Waals surface area contributed by atoms with Gasteiger partial charge in [-0.15, -0.1) is 0 Å². The SMILES string of the molecule is N#Cc1ccc(N2CCCC(COc3ccccc3)C2)c([N+](=O)[O-])c1. The molecule has 6 heteroatoms. The summed E-state index contributed by atoms with van der Waals surface area (Å²) < 4.78 is 5.84. The summed E-state index contributed by atoms with van der Waals surface area (Å²) in [6.45, 7) is 2.07. The highest BCUT2D eigenvalue weighted by Crippen LogP contribution is 2.32. The Hall–Kier alpha value is -3.07. The number of hydrogen-bond donors (Lipinski definition) is 0. The van der Waals surface area contributed by atoms with Crippen LogP contribution in [0.2, 0.25) is 0 Å². The van der Waals surface area contributed by atoms with Crippen molar-refractivity contribution in [2.75, 3.05) is 24.6 Å². The van der Waals surface area contributed by atoms with Crippen LogP contribution in [0.25, 0.3) is 0 Å². The Labute approximate surface area is 146 Å². The Morgan fingerprint density at radius 3 is 2.80 bits per heavy atom. The van der Waals surface area contributed by atoms with E-state index >= 15 is 0 Å². The highest BCUT2D eigenvalue weighted by molar-refractivity contribution is 5.65. The molecule has 0 bridgehead atoms. The van der Waals surface area contributed by atoms with E-state index in [1.54, 1.807) is 12.1 Å². The zero-order valence-corrected chi connectivity index (χ0v) is 13.8. The summed E-state index contributed by atoms with van der Waals surface area (Å²) in [4.78, 5) is 13.0. The fraction of sp³-hybridized carbons (Fsp3) is 0.316. The molecule has 1 aliphatic rings. The summed E-state index contributed by atoms with van der Waals surface area (Å²) in [5, 5.41) is 20.3. The van der Waals surface area contributed by atoms with Gasteiger partial charge in [-0.1, -0.05) is 18.2 Å². The van der Waals surface area contributed by atoms with E-state index in [2.05, 4.69) is 0 Å². The molecule has 0 aromatic heterocycles. The summed E-state index contributed by atoms with van der Waals surface area (Å²) in [5.41, 5.74) is 0.869. The lowest BCUT2D eigenvalue weighted by molar-refractivity contribution is -0.384. The minimum Gasteiger partial charge on any atom is -0.493 e. The molecular weight excluding hydrogens is 318 g/mol. The molecule has 1 saturated heterocycles. The molecule has 2 aromatic rings. The van der Waals surface area contributed by atoms with Crippen LogP contribution in [0.1, 0.15) is 18.4 Å². The van der Waals surface area contributed by atoms with E-state index in [0.717, 1.165) is 25.1 Å². The van der Waals surface area contributed by atoms with Gasteiger partial charge in [0.2, 0.25) is 0 Å². The van der Waals surface area contributed by atoms with Crippen molar-refractivity contribution in [3.63, 3.8) is 0 Å². The number of nitrogens with zero attached hydrogens (tertiary/aromatic N) is 3. The van der Waals surface area contributed by atoms with Crippen LogP contribution in [-0.4, -0.2) is 24.6 Å². The summed E-state index contributed by atoms with van der Waals surface area (Å²) in [5.74, 6) is 1.15. The minimum absolute atomic E-state index is 0.0105. The molecule has 128 valence electrons. The maximum atomic E-state index is 11.4. The van der Waals surface area contributed by atoms with Crippen molar-refractivity contribution in [2.45, 2.75) is 12.8 Å². The van der Waals surface area contributed by atoms with Crippen LogP contribution >= 0.6 is 0 Å². The summed E-state index contributed by atoms with van der Waals surface area (Å²) >= 11 is 0. The second-order valence-corrected chi connectivity index (χ2v) is 6.15. The molecule has 0 saturated carbocycles. The predicted octanol–water partition coefficient (Wildman–Crippen LogP) is 3.76. The van der Waals surface area contributed by atoms with Crippen LogP contribution in [0.3, 0.4) is 0 Å².